The predicted octanol–water partition coefficient (Wildman–Crippen LogP) is 4.81. The summed E-state index contributed by atoms with van der Waals surface area (Å²) in [6.07, 6.45) is 0. The lowest BCUT2D eigenvalue weighted by Gasteiger charge is -2.14. The van der Waals surface area contributed by atoms with Crippen molar-refractivity contribution in [1.82, 2.24) is 25.1 Å². The van der Waals surface area contributed by atoms with Crippen molar-refractivity contribution in [2.75, 3.05) is 11.1 Å². The molecule has 2 heterocycles. The van der Waals surface area contributed by atoms with E-state index >= 15 is 0 Å². The molecule has 11 heteroatoms. The molecule has 0 spiro atoms. The molecule has 34 heavy (non-hydrogen) atoms. The fraction of sp³-hybridized carbons (Fsp3) is 0.174. The van der Waals surface area contributed by atoms with Crippen molar-refractivity contribution in [3.05, 3.63) is 76.4 Å². The zero-order valence-electron chi connectivity index (χ0n) is 18.4. The maximum Gasteiger partial charge on any atom is 0.253 e. The average Bonchev–Trinajstić information content (AvgIpc) is 3.45. The number of hydrogen-bond acceptors (Lipinski definition) is 7. The highest BCUT2D eigenvalue weighted by atomic mass is 35.5. The van der Waals surface area contributed by atoms with Gasteiger partial charge in [0.1, 0.15) is 0 Å². The first-order valence-corrected chi connectivity index (χ1v) is 12.5. The number of hydrogen-bond donors (Lipinski definition) is 2. The summed E-state index contributed by atoms with van der Waals surface area (Å²) in [6.45, 7) is 1.81. The second-order valence-electron chi connectivity index (χ2n) is 7.32. The molecule has 0 radical (unpaired) electrons. The molecular weight excluding hydrogens is 492 g/mol. The quantitative estimate of drug-likeness (QED) is 0.328. The maximum absolute atomic E-state index is 12.5. The molecule has 1 atom stereocenters. The van der Waals surface area contributed by atoms with Crippen molar-refractivity contribution < 1.29 is 9.59 Å². The average molecular weight is 513 g/mol. The van der Waals surface area contributed by atoms with Crippen LogP contribution in [0.4, 0.5) is 5.13 Å². The Bertz CT molecular complexity index is 1310. The molecule has 0 saturated carbocycles. The van der Waals surface area contributed by atoms with E-state index in [1.165, 1.54) is 23.1 Å². The summed E-state index contributed by atoms with van der Waals surface area (Å²) < 4.78 is 1.76. The first-order valence-electron chi connectivity index (χ1n) is 10.3. The Kier molecular flexibility index (Phi) is 7.61. The first-order chi connectivity index (χ1) is 16.4. The highest BCUT2D eigenvalue weighted by Gasteiger charge is 2.20. The molecule has 4 rings (SSSR count). The van der Waals surface area contributed by atoms with Crippen molar-refractivity contribution in [1.29, 1.82) is 0 Å². The number of carbonyl (C=O) groups is 2. The minimum atomic E-state index is -0.406. The van der Waals surface area contributed by atoms with Crippen molar-refractivity contribution in [2.24, 2.45) is 7.05 Å². The Morgan fingerprint density at radius 2 is 1.85 bits per heavy atom. The fourth-order valence-electron chi connectivity index (χ4n) is 3.17. The molecule has 0 saturated heterocycles. The van der Waals surface area contributed by atoms with E-state index in [0.29, 0.717) is 26.7 Å². The highest BCUT2D eigenvalue weighted by molar-refractivity contribution is 7.99. The van der Waals surface area contributed by atoms with Gasteiger partial charge in [0, 0.05) is 18.0 Å². The number of thioether (sulfide) groups is 1. The van der Waals surface area contributed by atoms with Gasteiger partial charge in [-0.15, -0.1) is 21.5 Å². The molecule has 2 N–H and O–H groups in total. The maximum atomic E-state index is 12.5. The summed E-state index contributed by atoms with van der Waals surface area (Å²) >= 11 is 8.74. The summed E-state index contributed by atoms with van der Waals surface area (Å²) in [5, 5.41) is 17.4. The minimum absolute atomic E-state index is 0.145. The number of thiazole rings is 1. The molecule has 0 aliphatic rings. The van der Waals surface area contributed by atoms with Crippen LogP contribution in [-0.4, -0.2) is 37.3 Å². The van der Waals surface area contributed by atoms with E-state index in [1.54, 1.807) is 35.9 Å². The molecule has 0 bridgehead atoms. The fourth-order valence-corrected chi connectivity index (χ4v) is 4.85. The van der Waals surface area contributed by atoms with Crippen LogP contribution in [0.3, 0.4) is 0 Å². The lowest BCUT2D eigenvalue weighted by Crippen LogP contribution is -2.28. The summed E-state index contributed by atoms with van der Waals surface area (Å²) in [5.74, 6) is 0.222. The third kappa shape index (κ3) is 5.64. The van der Waals surface area contributed by atoms with E-state index in [2.05, 4.69) is 25.8 Å². The second kappa shape index (κ2) is 10.8. The number of nitrogens with one attached hydrogen (secondary N) is 2. The molecule has 0 fully saturated rings. The SMILES string of the molecule is C[C@@H](NC(=O)c1ccccc1Cl)c1nnc(SCC(=O)Nc2nc(-c3ccccc3)cs2)n1C. The zero-order valence-corrected chi connectivity index (χ0v) is 20.7. The van der Waals surface area contributed by atoms with Crippen molar-refractivity contribution in [2.45, 2.75) is 18.1 Å². The number of rotatable bonds is 8. The Hall–Kier alpha value is -3.21. The van der Waals surface area contributed by atoms with Gasteiger partial charge in [-0.3, -0.25) is 9.59 Å². The largest absolute Gasteiger partial charge is 0.342 e. The Balaban J connectivity index is 1.32. The van der Waals surface area contributed by atoms with E-state index in [4.69, 9.17) is 11.6 Å². The van der Waals surface area contributed by atoms with Crippen LogP contribution in [0.2, 0.25) is 5.02 Å². The normalized spacial score (nSPS) is 11.7. The Morgan fingerprint density at radius 1 is 1.12 bits per heavy atom. The molecular formula is C23H21ClN6O2S2. The van der Waals surface area contributed by atoms with Gasteiger partial charge >= 0.3 is 0 Å². The standard InChI is InChI=1S/C23H21ClN6O2S2/c1-14(25-21(32)16-10-6-7-11-17(16)24)20-28-29-23(30(20)2)34-13-19(31)27-22-26-18(12-33-22)15-8-4-3-5-9-15/h3-12,14H,13H2,1-2H3,(H,25,32)(H,26,27,31)/t14-/m1/s1. The summed E-state index contributed by atoms with van der Waals surface area (Å²) in [7, 11) is 1.79. The van der Waals surface area contributed by atoms with Crippen LogP contribution in [0.1, 0.15) is 29.1 Å². The topological polar surface area (TPSA) is 102 Å². The molecule has 0 aliphatic heterocycles. The number of halogens is 1. The van der Waals surface area contributed by atoms with Gasteiger partial charge < -0.3 is 15.2 Å². The van der Waals surface area contributed by atoms with Crippen LogP contribution in [-0.2, 0) is 11.8 Å². The first kappa shape index (κ1) is 23.9. The molecule has 2 aromatic carbocycles. The Labute approximate surface area is 209 Å². The van der Waals surface area contributed by atoms with E-state index < -0.39 is 6.04 Å². The summed E-state index contributed by atoms with van der Waals surface area (Å²) in [4.78, 5) is 29.4. The zero-order chi connectivity index (χ0) is 24.1. The van der Waals surface area contributed by atoms with Gasteiger partial charge in [-0.1, -0.05) is 65.8 Å². The van der Waals surface area contributed by atoms with Crippen LogP contribution in [0, 0.1) is 0 Å². The van der Waals surface area contributed by atoms with Gasteiger partial charge in [0.2, 0.25) is 5.91 Å². The number of nitrogens with zero attached hydrogens (tertiary/aromatic N) is 4. The third-order valence-electron chi connectivity index (χ3n) is 4.87. The van der Waals surface area contributed by atoms with E-state index in [9.17, 15) is 9.59 Å². The van der Waals surface area contributed by atoms with E-state index in [1.807, 2.05) is 42.6 Å². The van der Waals surface area contributed by atoms with Gasteiger partial charge in [-0.05, 0) is 19.1 Å². The van der Waals surface area contributed by atoms with Crippen LogP contribution in [0.25, 0.3) is 11.3 Å². The van der Waals surface area contributed by atoms with E-state index in [0.717, 1.165) is 11.3 Å². The van der Waals surface area contributed by atoms with Crippen LogP contribution >= 0.6 is 34.7 Å². The number of aromatic nitrogens is 4. The molecule has 0 unspecified atom stereocenters. The van der Waals surface area contributed by atoms with Crippen molar-refractivity contribution in [3.63, 3.8) is 0 Å². The van der Waals surface area contributed by atoms with Gasteiger partial charge in [0.05, 0.1) is 28.1 Å². The molecule has 2 amide bonds. The van der Waals surface area contributed by atoms with Crippen LogP contribution in [0.5, 0.6) is 0 Å². The van der Waals surface area contributed by atoms with Gasteiger partial charge in [-0.25, -0.2) is 4.98 Å². The smallest absolute Gasteiger partial charge is 0.253 e. The monoisotopic (exact) mass is 512 g/mol. The third-order valence-corrected chi connectivity index (χ3v) is 6.98. The Morgan fingerprint density at radius 3 is 2.62 bits per heavy atom. The van der Waals surface area contributed by atoms with Crippen LogP contribution in [0.15, 0.2) is 65.1 Å². The minimum Gasteiger partial charge on any atom is -0.342 e. The molecule has 2 aromatic heterocycles. The number of amides is 2. The van der Waals surface area contributed by atoms with Gasteiger partial charge in [0.25, 0.3) is 5.91 Å². The van der Waals surface area contributed by atoms with E-state index in [-0.39, 0.29) is 17.6 Å². The number of benzene rings is 2. The summed E-state index contributed by atoms with van der Waals surface area (Å²) in [6, 6.07) is 16.2. The van der Waals surface area contributed by atoms with Gasteiger partial charge in [-0.2, -0.15) is 0 Å². The second-order valence-corrected chi connectivity index (χ2v) is 9.52. The summed E-state index contributed by atoms with van der Waals surface area (Å²) in [5.41, 5.74) is 2.21. The lowest BCUT2D eigenvalue weighted by molar-refractivity contribution is -0.113. The van der Waals surface area contributed by atoms with Crippen LogP contribution < -0.4 is 10.6 Å². The van der Waals surface area contributed by atoms with Crippen molar-refractivity contribution >= 4 is 51.6 Å². The molecule has 0 aliphatic carbocycles. The lowest BCUT2D eigenvalue weighted by atomic mass is 10.2. The number of carbonyl (C=O) groups excluding carboxylic acids is 2. The number of anilines is 1. The molecule has 174 valence electrons. The predicted molar refractivity (Wildman–Crippen MR) is 135 cm³/mol. The molecule has 8 nitrogen and oxygen atoms in total. The van der Waals surface area contributed by atoms with Gasteiger partial charge in [0.15, 0.2) is 16.1 Å². The highest BCUT2D eigenvalue weighted by Crippen LogP contribution is 2.25. The molecule has 4 aromatic rings. The van der Waals surface area contributed by atoms with Crippen molar-refractivity contribution in [3.8, 4) is 11.3 Å².